The summed E-state index contributed by atoms with van der Waals surface area (Å²) in [7, 11) is 0. The SMILES string of the molecule is CCCCCCCCCCCCCCCCCCOCCOCCOCCOC(=O)c1ccccc1Nc1cccc(C(F)(F)F)c1. The maximum Gasteiger partial charge on any atom is 0.416 e. The van der Waals surface area contributed by atoms with Crippen molar-refractivity contribution in [3.8, 4) is 0 Å². The Balaban J connectivity index is 1.37. The van der Waals surface area contributed by atoms with E-state index in [1.54, 1.807) is 24.3 Å². The van der Waals surface area contributed by atoms with Crippen LogP contribution in [-0.4, -0.2) is 52.2 Å². The smallest absolute Gasteiger partial charge is 0.416 e. The van der Waals surface area contributed by atoms with Crippen molar-refractivity contribution in [1.82, 2.24) is 0 Å². The van der Waals surface area contributed by atoms with Crippen molar-refractivity contribution in [2.45, 2.75) is 116 Å². The molecule has 0 aromatic heterocycles. The first kappa shape index (κ1) is 40.6. The first-order valence-corrected chi connectivity index (χ1v) is 17.9. The minimum atomic E-state index is -4.46. The van der Waals surface area contributed by atoms with Gasteiger partial charge in [-0.2, -0.15) is 13.2 Å². The third-order valence-corrected chi connectivity index (χ3v) is 7.96. The van der Waals surface area contributed by atoms with Crippen LogP contribution in [0.4, 0.5) is 24.5 Å². The average Bonchev–Trinajstić information content (AvgIpc) is 3.06. The zero-order valence-corrected chi connectivity index (χ0v) is 28.6. The zero-order valence-electron chi connectivity index (χ0n) is 28.6. The molecule has 266 valence electrons. The topological polar surface area (TPSA) is 66.0 Å². The normalized spacial score (nSPS) is 11.6. The van der Waals surface area contributed by atoms with Crippen LogP contribution in [0, 0.1) is 0 Å². The van der Waals surface area contributed by atoms with Gasteiger partial charge in [0.25, 0.3) is 0 Å². The van der Waals surface area contributed by atoms with Gasteiger partial charge in [0.15, 0.2) is 0 Å². The van der Waals surface area contributed by atoms with Crippen LogP contribution in [0.1, 0.15) is 126 Å². The number of nitrogens with one attached hydrogen (secondary N) is 1. The van der Waals surface area contributed by atoms with Crippen molar-refractivity contribution in [2.24, 2.45) is 0 Å². The molecule has 0 fully saturated rings. The van der Waals surface area contributed by atoms with Crippen molar-refractivity contribution in [1.29, 1.82) is 0 Å². The molecule has 0 aliphatic carbocycles. The highest BCUT2D eigenvalue weighted by molar-refractivity contribution is 5.96. The van der Waals surface area contributed by atoms with Crippen LogP contribution in [0.3, 0.4) is 0 Å². The molecule has 0 radical (unpaired) electrons. The molecular formula is C38H58F3NO5. The summed E-state index contributed by atoms with van der Waals surface area (Å²) in [5.41, 5.74) is 0.00632. The lowest BCUT2D eigenvalue weighted by Gasteiger charge is -2.13. The molecule has 0 aliphatic rings. The summed E-state index contributed by atoms with van der Waals surface area (Å²) in [6.07, 6.45) is 17.2. The number of halogens is 3. The Morgan fingerprint density at radius 3 is 1.64 bits per heavy atom. The summed E-state index contributed by atoms with van der Waals surface area (Å²) in [6, 6.07) is 11.3. The molecule has 0 saturated heterocycles. The van der Waals surface area contributed by atoms with Gasteiger partial charge in [0, 0.05) is 12.3 Å². The van der Waals surface area contributed by atoms with Crippen LogP contribution in [0.2, 0.25) is 0 Å². The van der Waals surface area contributed by atoms with Gasteiger partial charge >= 0.3 is 12.1 Å². The van der Waals surface area contributed by atoms with E-state index in [9.17, 15) is 18.0 Å². The predicted octanol–water partition coefficient (Wildman–Crippen LogP) is 10.9. The fourth-order valence-electron chi connectivity index (χ4n) is 5.26. The van der Waals surface area contributed by atoms with Crippen molar-refractivity contribution in [2.75, 3.05) is 51.6 Å². The van der Waals surface area contributed by atoms with Gasteiger partial charge in [-0.1, -0.05) is 121 Å². The highest BCUT2D eigenvalue weighted by Crippen LogP contribution is 2.32. The second kappa shape index (κ2) is 26.3. The van der Waals surface area contributed by atoms with E-state index in [2.05, 4.69) is 12.2 Å². The molecule has 0 bridgehead atoms. The molecule has 0 spiro atoms. The van der Waals surface area contributed by atoms with E-state index in [4.69, 9.17) is 18.9 Å². The quantitative estimate of drug-likeness (QED) is 0.0689. The molecule has 2 aromatic carbocycles. The number of alkyl halides is 3. The number of anilines is 2. The van der Waals surface area contributed by atoms with E-state index < -0.39 is 17.7 Å². The van der Waals surface area contributed by atoms with E-state index in [0.717, 1.165) is 25.2 Å². The van der Waals surface area contributed by atoms with Gasteiger partial charge in [0.1, 0.15) is 6.61 Å². The van der Waals surface area contributed by atoms with Gasteiger partial charge < -0.3 is 24.3 Å². The molecule has 0 saturated carbocycles. The molecule has 6 nitrogen and oxygen atoms in total. The molecular weight excluding hydrogens is 607 g/mol. The molecule has 9 heteroatoms. The molecule has 2 rings (SSSR count). The predicted molar refractivity (Wildman–Crippen MR) is 183 cm³/mol. The van der Waals surface area contributed by atoms with E-state index >= 15 is 0 Å². The van der Waals surface area contributed by atoms with Crippen LogP contribution < -0.4 is 5.32 Å². The van der Waals surface area contributed by atoms with Crippen LogP contribution in [-0.2, 0) is 25.1 Å². The largest absolute Gasteiger partial charge is 0.460 e. The Bertz CT molecular complexity index is 1070. The fourth-order valence-corrected chi connectivity index (χ4v) is 5.26. The Kier molecular flexibility index (Phi) is 22.7. The van der Waals surface area contributed by atoms with E-state index in [0.29, 0.717) is 32.1 Å². The summed E-state index contributed by atoms with van der Waals surface area (Å²) in [6.45, 7) is 5.13. The summed E-state index contributed by atoms with van der Waals surface area (Å²) >= 11 is 0. The molecule has 0 unspecified atom stereocenters. The van der Waals surface area contributed by atoms with Crippen molar-refractivity contribution in [3.63, 3.8) is 0 Å². The number of benzene rings is 2. The van der Waals surface area contributed by atoms with Crippen LogP contribution in [0.15, 0.2) is 48.5 Å². The number of esters is 1. The third kappa shape index (κ3) is 20.4. The Morgan fingerprint density at radius 1 is 0.596 bits per heavy atom. The standard InChI is InChI=1S/C38H58F3NO5/c1-2-3-4-5-6-7-8-9-10-11-12-13-14-15-16-19-25-44-26-27-45-28-29-46-30-31-47-37(43)35-23-17-18-24-36(35)42-34-22-20-21-33(32-34)38(39,40)41/h17-18,20-24,32,42H,2-16,19,25-31H2,1H3. The summed E-state index contributed by atoms with van der Waals surface area (Å²) in [5.74, 6) is -0.596. The summed E-state index contributed by atoms with van der Waals surface area (Å²) < 4.78 is 61.1. The number of hydrogen-bond acceptors (Lipinski definition) is 6. The van der Waals surface area contributed by atoms with E-state index in [1.807, 2.05) is 0 Å². The van der Waals surface area contributed by atoms with Gasteiger partial charge in [-0.05, 0) is 36.8 Å². The Labute approximate surface area is 281 Å². The lowest BCUT2D eigenvalue weighted by atomic mass is 10.0. The van der Waals surface area contributed by atoms with Crippen LogP contribution in [0.25, 0.3) is 0 Å². The Morgan fingerprint density at radius 2 is 1.09 bits per heavy atom. The maximum absolute atomic E-state index is 13.0. The van der Waals surface area contributed by atoms with Gasteiger partial charge in [-0.15, -0.1) is 0 Å². The average molecular weight is 666 g/mol. The molecule has 0 heterocycles. The molecule has 1 N–H and O–H groups in total. The van der Waals surface area contributed by atoms with Crippen LogP contribution >= 0.6 is 0 Å². The summed E-state index contributed by atoms with van der Waals surface area (Å²) in [5, 5.41) is 2.88. The molecule has 0 aliphatic heterocycles. The second-order valence-corrected chi connectivity index (χ2v) is 12.0. The van der Waals surface area contributed by atoms with E-state index in [-0.39, 0.29) is 24.5 Å². The highest BCUT2D eigenvalue weighted by atomic mass is 19.4. The minimum Gasteiger partial charge on any atom is -0.460 e. The zero-order chi connectivity index (χ0) is 33.8. The Hall–Kier alpha value is -2.62. The number of para-hydroxylation sites is 1. The second-order valence-electron chi connectivity index (χ2n) is 12.0. The number of ether oxygens (including phenoxy) is 4. The lowest BCUT2D eigenvalue weighted by Crippen LogP contribution is -2.15. The van der Waals surface area contributed by atoms with Gasteiger partial charge in [-0.25, -0.2) is 4.79 Å². The molecule has 0 amide bonds. The third-order valence-electron chi connectivity index (χ3n) is 7.96. The molecule has 2 aromatic rings. The van der Waals surface area contributed by atoms with Gasteiger partial charge in [0.05, 0.1) is 49.8 Å². The molecule has 47 heavy (non-hydrogen) atoms. The number of carbonyl (C=O) groups excluding carboxylic acids is 1. The van der Waals surface area contributed by atoms with Gasteiger partial charge in [0.2, 0.25) is 0 Å². The van der Waals surface area contributed by atoms with Crippen LogP contribution in [0.5, 0.6) is 0 Å². The van der Waals surface area contributed by atoms with Crippen molar-refractivity contribution >= 4 is 17.3 Å². The first-order chi connectivity index (χ1) is 22.9. The number of rotatable bonds is 29. The number of hydrogen-bond donors (Lipinski definition) is 1. The number of carbonyl (C=O) groups is 1. The number of unbranched alkanes of at least 4 members (excludes halogenated alkanes) is 15. The highest BCUT2D eigenvalue weighted by Gasteiger charge is 2.30. The van der Waals surface area contributed by atoms with Gasteiger partial charge in [-0.3, -0.25) is 0 Å². The fraction of sp³-hybridized carbons (Fsp3) is 0.658. The monoisotopic (exact) mass is 665 g/mol. The van der Waals surface area contributed by atoms with Crippen molar-refractivity contribution in [3.05, 3.63) is 59.7 Å². The minimum absolute atomic E-state index is 0.0408. The first-order valence-electron chi connectivity index (χ1n) is 17.9. The van der Waals surface area contributed by atoms with Crippen molar-refractivity contribution < 1.29 is 36.9 Å². The lowest BCUT2D eigenvalue weighted by molar-refractivity contribution is -0.137. The van der Waals surface area contributed by atoms with E-state index in [1.165, 1.54) is 108 Å². The molecule has 0 atom stereocenters. The summed E-state index contributed by atoms with van der Waals surface area (Å²) in [4.78, 5) is 12.6. The maximum atomic E-state index is 13.0.